The molecule has 1 N–H and O–H groups in total. The van der Waals surface area contributed by atoms with Gasteiger partial charge in [0.2, 0.25) is 0 Å². The monoisotopic (exact) mass is 278 g/mol. The smallest absolute Gasteiger partial charge is 0.257 e. The average molecular weight is 278 g/mol. The number of thiazole rings is 1. The summed E-state index contributed by atoms with van der Waals surface area (Å²) in [5, 5.41) is 3.44. The van der Waals surface area contributed by atoms with Crippen LogP contribution >= 0.6 is 23.1 Å². The van der Waals surface area contributed by atoms with Crippen LogP contribution in [0.3, 0.4) is 0 Å². The third-order valence-corrected chi connectivity index (χ3v) is 3.82. The molecule has 0 aliphatic heterocycles. The van der Waals surface area contributed by atoms with Crippen molar-refractivity contribution in [3.8, 4) is 0 Å². The first-order valence-electron chi connectivity index (χ1n) is 5.50. The molecule has 0 aliphatic carbocycles. The average Bonchev–Trinajstić information content (AvgIpc) is 2.76. The predicted molar refractivity (Wildman–Crippen MR) is 78.5 cm³/mol. The van der Waals surface area contributed by atoms with Gasteiger partial charge in [-0.3, -0.25) is 10.1 Å². The number of carbonyl (C=O) groups excluding carboxylic acids is 1. The third kappa shape index (κ3) is 3.34. The summed E-state index contributed by atoms with van der Waals surface area (Å²) >= 11 is 3.24. The molecule has 0 spiro atoms. The lowest BCUT2D eigenvalue weighted by Crippen LogP contribution is -2.11. The number of aromatic nitrogens is 1. The minimum Gasteiger partial charge on any atom is -0.298 e. The summed E-state index contributed by atoms with van der Waals surface area (Å²) < 4.78 is 0. The first kappa shape index (κ1) is 13.1. The van der Waals surface area contributed by atoms with Gasteiger partial charge in [0.25, 0.3) is 5.91 Å². The fraction of sp³-hybridized carbons (Fsp3) is 0.231. The molecule has 1 aromatic carbocycles. The molecule has 94 valence electrons. The molecule has 0 aliphatic rings. The topological polar surface area (TPSA) is 42.0 Å². The summed E-state index contributed by atoms with van der Waals surface area (Å²) in [5.41, 5.74) is 1.89. The SMILES string of the molecule is CSCc1ccc(C(=O)Nc2ncc(C)s2)cc1. The summed E-state index contributed by atoms with van der Waals surface area (Å²) in [7, 11) is 0. The van der Waals surface area contributed by atoms with E-state index in [-0.39, 0.29) is 5.91 Å². The highest BCUT2D eigenvalue weighted by Gasteiger charge is 2.07. The van der Waals surface area contributed by atoms with Gasteiger partial charge in [-0.1, -0.05) is 12.1 Å². The van der Waals surface area contributed by atoms with Gasteiger partial charge in [-0.05, 0) is 30.9 Å². The van der Waals surface area contributed by atoms with E-state index in [0.29, 0.717) is 10.7 Å². The number of benzene rings is 1. The van der Waals surface area contributed by atoms with Crippen molar-refractivity contribution in [1.29, 1.82) is 0 Å². The molecule has 0 fully saturated rings. The fourth-order valence-corrected chi connectivity index (χ4v) is 2.69. The van der Waals surface area contributed by atoms with Crippen LogP contribution in [-0.4, -0.2) is 17.1 Å². The molecular weight excluding hydrogens is 264 g/mol. The molecular formula is C13H14N2OS2. The zero-order valence-corrected chi connectivity index (χ0v) is 11.9. The molecule has 1 aromatic heterocycles. The Hall–Kier alpha value is -1.33. The van der Waals surface area contributed by atoms with E-state index in [1.165, 1.54) is 16.9 Å². The van der Waals surface area contributed by atoms with Crippen LogP contribution in [-0.2, 0) is 5.75 Å². The Morgan fingerprint density at radius 1 is 1.39 bits per heavy atom. The Morgan fingerprint density at radius 3 is 2.67 bits per heavy atom. The van der Waals surface area contributed by atoms with Crippen LogP contribution in [0.2, 0.25) is 0 Å². The number of thioether (sulfide) groups is 1. The van der Waals surface area contributed by atoms with Crippen LogP contribution < -0.4 is 5.32 Å². The standard InChI is InChI=1S/C13H14N2OS2/c1-9-7-14-13(18-9)15-12(16)11-5-3-10(4-6-11)8-17-2/h3-7H,8H2,1-2H3,(H,14,15,16). The lowest BCUT2D eigenvalue weighted by Gasteiger charge is -2.03. The van der Waals surface area contributed by atoms with Crippen LogP contribution in [0.25, 0.3) is 0 Å². The second-order valence-electron chi connectivity index (χ2n) is 3.86. The van der Waals surface area contributed by atoms with Crippen molar-refractivity contribution in [3.63, 3.8) is 0 Å². The van der Waals surface area contributed by atoms with Gasteiger partial charge in [-0.2, -0.15) is 11.8 Å². The highest BCUT2D eigenvalue weighted by Crippen LogP contribution is 2.18. The van der Waals surface area contributed by atoms with Gasteiger partial charge >= 0.3 is 0 Å². The molecule has 0 saturated heterocycles. The maximum absolute atomic E-state index is 11.9. The second kappa shape index (κ2) is 6.02. The third-order valence-electron chi connectivity index (χ3n) is 2.37. The number of carbonyl (C=O) groups is 1. The van der Waals surface area contributed by atoms with Crippen molar-refractivity contribution in [1.82, 2.24) is 4.98 Å². The number of hydrogen-bond donors (Lipinski definition) is 1. The summed E-state index contributed by atoms with van der Waals surface area (Å²) in [5.74, 6) is 0.855. The molecule has 5 heteroatoms. The number of anilines is 1. The molecule has 0 atom stereocenters. The number of amides is 1. The van der Waals surface area contributed by atoms with E-state index in [1.54, 1.807) is 18.0 Å². The highest BCUT2D eigenvalue weighted by molar-refractivity contribution is 7.97. The van der Waals surface area contributed by atoms with Gasteiger partial charge in [-0.15, -0.1) is 11.3 Å². The van der Waals surface area contributed by atoms with Crippen LogP contribution in [0.15, 0.2) is 30.5 Å². The van der Waals surface area contributed by atoms with E-state index in [4.69, 9.17) is 0 Å². The van der Waals surface area contributed by atoms with Gasteiger partial charge in [0.05, 0.1) is 0 Å². The van der Waals surface area contributed by atoms with Crippen LogP contribution in [0.5, 0.6) is 0 Å². The lowest BCUT2D eigenvalue weighted by atomic mass is 10.1. The largest absolute Gasteiger partial charge is 0.298 e. The van der Waals surface area contributed by atoms with Crippen molar-refractivity contribution < 1.29 is 4.79 Å². The summed E-state index contributed by atoms with van der Waals surface area (Å²) in [6.07, 6.45) is 3.81. The second-order valence-corrected chi connectivity index (χ2v) is 5.96. The van der Waals surface area contributed by atoms with Crippen molar-refractivity contribution in [2.24, 2.45) is 0 Å². The van der Waals surface area contributed by atoms with Crippen LogP contribution in [0, 0.1) is 6.92 Å². The van der Waals surface area contributed by atoms with Crippen molar-refractivity contribution in [3.05, 3.63) is 46.5 Å². The Kier molecular flexibility index (Phi) is 4.38. The highest BCUT2D eigenvalue weighted by atomic mass is 32.2. The molecule has 2 rings (SSSR count). The van der Waals surface area contributed by atoms with E-state index < -0.39 is 0 Å². The zero-order valence-electron chi connectivity index (χ0n) is 10.3. The summed E-state index contributed by atoms with van der Waals surface area (Å²) in [4.78, 5) is 17.1. The maximum Gasteiger partial charge on any atom is 0.257 e. The van der Waals surface area contributed by atoms with Gasteiger partial charge in [0.15, 0.2) is 5.13 Å². The van der Waals surface area contributed by atoms with E-state index in [9.17, 15) is 4.79 Å². The van der Waals surface area contributed by atoms with Crippen molar-refractivity contribution >= 4 is 34.1 Å². The Morgan fingerprint density at radius 2 is 2.11 bits per heavy atom. The quantitative estimate of drug-likeness (QED) is 0.929. The van der Waals surface area contributed by atoms with Crippen molar-refractivity contribution in [2.45, 2.75) is 12.7 Å². The molecule has 2 aromatic rings. The van der Waals surface area contributed by atoms with Crippen LogP contribution in [0.1, 0.15) is 20.8 Å². The number of rotatable bonds is 4. The molecule has 3 nitrogen and oxygen atoms in total. The predicted octanol–water partition coefficient (Wildman–Crippen LogP) is 3.57. The van der Waals surface area contributed by atoms with E-state index >= 15 is 0 Å². The first-order valence-corrected chi connectivity index (χ1v) is 7.72. The Balaban J connectivity index is 2.04. The number of nitrogens with one attached hydrogen (secondary N) is 1. The molecule has 0 saturated carbocycles. The molecule has 1 heterocycles. The summed E-state index contributed by atoms with van der Waals surface area (Å²) in [6.45, 7) is 1.96. The van der Waals surface area contributed by atoms with E-state index in [0.717, 1.165) is 10.6 Å². The molecule has 0 radical (unpaired) electrons. The number of nitrogens with zero attached hydrogens (tertiary/aromatic N) is 1. The molecule has 0 unspecified atom stereocenters. The number of aryl methyl sites for hydroxylation is 1. The van der Waals surface area contributed by atoms with E-state index in [1.807, 2.05) is 31.2 Å². The Bertz CT molecular complexity index is 534. The molecule has 0 bridgehead atoms. The zero-order chi connectivity index (χ0) is 13.0. The van der Waals surface area contributed by atoms with Gasteiger partial charge in [0, 0.05) is 22.4 Å². The normalized spacial score (nSPS) is 10.3. The van der Waals surface area contributed by atoms with Gasteiger partial charge in [0.1, 0.15) is 0 Å². The van der Waals surface area contributed by atoms with Crippen LogP contribution in [0.4, 0.5) is 5.13 Å². The molecule has 18 heavy (non-hydrogen) atoms. The first-order chi connectivity index (χ1) is 8.69. The Labute approximate surface area is 115 Å². The lowest BCUT2D eigenvalue weighted by molar-refractivity contribution is 0.102. The fourth-order valence-electron chi connectivity index (χ4n) is 1.50. The van der Waals surface area contributed by atoms with Gasteiger partial charge in [-0.25, -0.2) is 4.98 Å². The number of hydrogen-bond acceptors (Lipinski definition) is 4. The maximum atomic E-state index is 11.9. The summed E-state index contributed by atoms with van der Waals surface area (Å²) in [6, 6.07) is 7.67. The minimum atomic E-state index is -0.111. The molecule has 1 amide bonds. The minimum absolute atomic E-state index is 0.111. The van der Waals surface area contributed by atoms with Gasteiger partial charge < -0.3 is 0 Å². The van der Waals surface area contributed by atoms with E-state index in [2.05, 4.69) is 16.6 Å². The van der Waals surface area contributed by atoms with Crippen molar-refractivity contribution in [2.75, 3.05) is 11.6 Å².